The second-order valence-electron chi connectivity index (χ2n) is 10.5. The van der Waals surface area contributed by atoms with Crippen molar-refractivity contribution in [3.63, 3.8) is 0 Å². The van der Waals surface area contributed by atoms with Gasteiger partial charge in [-0.05, 0) is 82.4 Å². The van der Waals surface area contributed by atoms with E-state index in [9.17, 15) is 9.18 Å². The molecule has 1 aromatic carbocycles. The molecule has 0 saturated carbocycles. The Morgan fingerprint density at radius 2 is 1.88 bits per heavy atom. The van der Waals surface area contributed by atoms with Crippen molar-refractivity contribution in [2.75, 3.05) is 37.7 Å². The first-order valence-corrected chi connectivity index (χ1v) is 14.1. The fraction of sp³-hybridized carbons (Fsp3) is 0.452. The number of aromatic nitrogens is 2. The summed E-state index contributed by atoms with van der Waals surface area (Å²) < 4.78 is 40.6. The van der Waals surface area contributed by atoms with Crippen LogP contribution in [0.3, 0.4) is 0 Å². The van der Waals surface area contributed by atoms with Crippen molar-refractivity contribution in [2.24, 2.45) is 5.92 Å². The van der Waals surface area contributed by atoms with Gasteiger partial charge in [-0.2, -0.15) is 0 Å². The van der Waals surface area contributed by atoms with E-state index in [1.807, 2.05) is 19.1 Å². The van der Waals surface area contributed by atoms with Gasteiger partial charge in [0.2, 0.25) is 0 Å². The Morgan fingerprint density at radius 3 is 2.60 bits per heavy atom. The normalized spacial score (nSPS) is 16.6. The molecule has 2 fully saturated rings. The Hall–Kier alpha value is -3.59. The summed E-state index contributed by atoms with van der Waals surface area (Å²) in [6.07, 6.45) is 5.24. The van der Waals surface area contributed by atoms with Crippen LogP contribution >= 0.6 is 0 Å². The van der Waals surface area contributed by atoms with E-state index >= 15 is 4.39 Å². The highest BCUT2D eigenvalue weighted by Gasteiger charge is 2.27. The number of benzene rings is 1. The average molecular weight is 551 g/mol. The molecule has 3 aromatic rings. The molecule has 0 amide bonds. The van der Waals surface area contributed by atoms with Gasteiger partial charge in [0.25, 0.3) is 0 Å². The highest BCUT2D eigenvalue weighted by atomic mass is 19.1. The number of rotatable bonds is 8. The lowest BCUT2D eigenvalue weighted by Gasteiger charge is -2.32. The van der Waals surface area contributed by atoms with Crippen molar-refractivity contribution in [2.45, 2.75) is 52.1 Å². The molecular formula is C31H36F2N4O3. The minimum absolute atomic E-state index is 0.0473. The van der Waals surface area contributed by atoms with Gasteiger partial charge in [-0.1, -0.05) is 6.07 Å². The molecule has 0 atom stereocenters. The zero-order valence-electron chi connectivity index (χ0n) is 23.1. The number of piperidine rings is 2. The van der Waals surface area contributed by atoms with Crippen LogP contribution in [0.5, 0.6) is 5.75 Å². The smallest absolute Gasteiger partial charge is 0.309 e. The summed E-state index contributed by atoms with van der Waals surface area (Å²) in [4.78, 5) is 23.6. The highest BCUT2D eigenvalue weighted by Crippen LogP contribution is 2.35. The maximum atomic E-state index is 15.1. The number of ether oxygens (including phenoxy) is 2. The van der Waals surface area contributed by atoms with Gasteiger partial charge < -0.3 is 19.7 Å². The van der Waals surface area contributed by atoms with Crippen molar-refractivity contribution < 1.29 is 23.0 Å². The first-order valence-electron chi connectivity index (χ1n) is 14.1. The Bertz CT molecular complexity index is 1340. The Balaban J connectivity index is 1.33. The molecule has 2 aliphatic rings. The largest absolute Gasteiger partial charge is 0.485 e. The monoisotopic (exact) mass is 550 g/mol. The summed E-state index contributed by atoms with van der Waals surface area (Å²) >= 11 is 0. The minimum atomic E-state index is -0.783. The van der Waals surface area contributed by atoms with Crippen LogP contribution in [-0.4, -0.2) is 48.7 Å². The molecule has 4 heterocycles. The lowest BCUT2D eigenvalue weighted by Crippen LogP contribution is -2.37. The first-order chi connectivity index (χ1) is 19.4. The predicted molar refractivity (Wildman–Crippen MR) is 149 cm³/mol. The first kappa shape index (κ1) is 28.0. The molecular weight excluding hydrogens is 514 g/mol. The molecule has 0 unspecified atom stereocenters. The molecule has 0 radical (unpaired) electrons. The van der Waals surface area contributed by atoms with Crippen LogP contribution < -0.4 is 15.0 Å². The van der Waals surface area contributed by atoms with Crippen LogP contribution in [0.15, 0.2) is 42.6 Å². The highest BCUT2D eigenvalue weighted by molar-refractivity contribution is 5.73. The van der Waals surface area contributed by atoms with Crippen molar-refractivity contribution in [3.8, 4) is 17.0 Å². The van der Waals surface area contributed by atoms with E-state index in [0.29, 0.717) is 50.0 Å². The van der Waals surface area contributed by atoms with Crippen molar-refractivity contribution in [3.05, 3.63) is 71.1 Å². The molecule has 0 spiro atoms. The van der Waals surface area contributed by atoms with E-state index < -0.39 is 11.6 Å². The van der Waals surface area contributed by atoms with Crippen LogP contribution in [0.4, 0.5) is 14.6 Å². The summed E-state index contributed by atoms with van der Waals surface area (Å²) in [5, 5.41) is 3.37. The van der Waals surface area contributed by atoms with Gasteiger partial charge in [0.15, 0.2) is 11.6 Å². The minimum Gasteiger partial charge on any atom is -0.485 e. The van der Waals surface area contributed by atoms with E-state index in [4.69, 9.17) is 14.5 Å². The fourth-order valence-corrected chi connectivity index (χ4v) is 5.50. The van der Waals surface area contributed by atoms with Gasteiger partial charge in [-0.25, -0.2) is 13.8 Å². The summed E-state index contributed by atoms with van der Waals surface area (Å²) in [6.45, 7) is 7.54. The second kappa shape index (κ2) is 12.7. The Morgan fingerprint density at radius 1 is 1.10 bits per heavy atom. The number of hydrogen-bond acceptors (Lipinski definition) is 7. The molecule has 212 valence electrons. The number of aryl methyl sites for hydroxylation is 1. The third kappa shape index (κ3) is 6.41. The lowest BCUT2D eigenvalue weighted by atomic mass is 9.93. The van der Waals surface area contributed by atoms with Gasteiger partial charge in [0.1, 0.15) is 18.2 Å². The van der Waals surface area contributed by atoms with E-state index in [0.717, 1.165) is 48.8 Å². The maximum absolute atomic E-state index is 15.1. The number of halogens is 2. The van der Waals surface area contributed by atoms with Gasteiger partial charge in [0.05, 0.1) is 18.2 Å². The van der Waals surface area contributed by atoms with Gasteiger partial charge in [-0.3, -0.25) is 9.78 Å². The lowest BCUT2D eigenvalue weighted by molar-refractivity contribution is -0.148. The van der Waals surface area contributed by atoms with Crippen LogP contribution in [0.25, 0.3) is 11.3 Å². The predicted octanol–water partition coefficient (Wildman–Crippen LogP) is 5.56. The van der Waals surface area contributed by atoms with Crippen molar-refractivity contribution in [1.82, 2.24) is 15.3 Å². The van der Waals surface area contributed by atoms with Gasteiger partial charge >= 0.3 is 5.97 Å². The molecule has 9 heteroatoms. The number of carbonyl (C=O) groups is 1. The summed E-state index contributed by atoms with van der Waals surface area (Å²) in [5.41, 5.74) is 3.61. The number of hydrogen-bond donors (Lipinski definition) is 1. The topological polar surface area (TPSA) is 76.6 Å². The Labute approximate surface area is 233 Å². The van der Waals surface area contributed by atoms with Gasteiger partial charge in [-0.15, -0.1) is 0 Å². The Kier molecular flexibility index (Phi) is 8.89. The van der Waals surface area contributed by atoms with E-state index in [1.54, 1.807) is 19.2 Å². The maximum Gasteiger partial charge on any atom is 0.309 e. The van der Waals surface area contributed by atoms with Crippen LogP contribution in [0, 0.1) is 24.5 Å². The second-order valence-corrected chi connectivity index (χ2v) is 10.5. The number of carbonyl (C=O) groups excluding carboxylic acids is 1. The SMILES string of the molecule is CCOC(=O)C1CCN(c2cccc(-c3cc(F)cc(F)c3OCc3cnc(C4CCNCC4)cc3C)n2)CC1. The van der Waals surface area contributed by atoms with Crippen LogP contribution in [0.2, 0.25) is 0 Å². The van der Waals surface area contributed by atoms with Crippen LogP contribution in [0.1, 0.15) is 55.3 Å². The zero-order chi connectivity index (χ0) is 28.1. The zero-order valence-corrected chi connectivity index (χ0v) is 23.1. The van der Waals surface area contributed by atoms with E-state index in [-0.39, 0.29) is 29.8 Å². The molecule has 7 nitrogen and oxygen atoms in total. The summed E-state index contributed by atoms with van der Waals surface area (Å²) in [6, 6.07) is 9.57. The quantitative estimate of drug-likeness (QED) is 0.368. The third-order valence-corrected chi connectivity index (χ3v) is 7.83. The van der Waals surface area contributed by atoms with Crippen molar-refractivity contribution >= 4 is 11.8 Å². The molecule has 5 rings (SSSR count). The average Bonchev–Trinajstić information content (AvgIpc) is 2.97. The van der Waals surface area contributed by atoms with E-state index in [2.05, 4.69) is 21.3 Å². The molecule has 2 saturated heterocycles. The van der Waals surface area contributed by atoms with E-state index in [1.165, 1.54) is 6.07 Å². The molecule has 0 aliphatic carbocycles. The molecule has 1 N–H and O–H groups in total. The molecule has 40 heavy (non-hydrogen) atoms. The fourth-order valence-electron chi connectivity index (χ4n) is 5.50. The number of esters is 1. The van der Waals surface area contributed by atoms with Crippen LogP contribution in [-0.2, 0) is 16.1 Å². The molecule has 2 aromatic heterocycles. The third-order valence-electron chi connectivity index (χ3n) is 7.83. The number of nitrogens with one attached hydrogen (secondary N) is 1. The summed E-state index contributed by atoms with van der Waals surface area (Å²) in [7, 11) is 0. The van der Waals surface area contributed by atoms with Crippen molar-refractivity contribution in [1.29, 1.82) is 0 Å². The molecule has 2 aliphatic heterocycles. The van der Waals surface area contributed by atoms with Gasteiger partial charge in [0, 0.05) is 48.1 Å². The number of anilines is 1. The molecule has 0 bridgehead atoms. The number of nitrogens with zero attached hydrogens (tertiary/aromatic N) is 3. The summed E-state index contributed by atoms with van der Waals surface area (Å²) in [5.74, 6) is -0.695. The number of pyridine rings is 2. The standard InChI is InChI=1S/C31H36F2N4O3/c1-3-39-31(38)22-9-13-37(14-10-22)29-6-4-5-27(36-29)25-16-24(32)17-26(33)30(25)40-19-23-18-35-28(15-20(23)2)21-7-11-34-12-8-21/h4-6,15-18,21-22,34H,3,7-14,19H2,1-2H3.